The lowest BCUT2D eigenvalue weighted by atomic mass is 10.4. The number of hydrogen-bond acceptors (Lipinski definition) is 0. The summed E-state index contributed by atoms with van der Waals surface area (Å²) in [5.41, 5.74) is -1.09. The zero-order valence-corrected chi connectivity index (χ0v) is 2.00. The lowest BCUT2D eigenvalue weighted by molar-refractivity contribution is 1.42. The van der Waals surface area contributed by atoms with E-state index >= 15 is 0 Å². The van der Waals surface area contributed by atoms with Crippen molar-refractivity contribution >= 4 is 0 Å². The Balaban J connectivity index is 5.13. The maximum Gasteiger partial charge on any atom is 0.0537 e. The van der Waals surface area contributed by atoms with Crippen molar-refractivity contribution in [3.05, 3.63) is 12.1 Å². The Hall–Kier alpha value is -0.260. The van der Waals surface area contributed by atoms with E-state index in [1.807, 2.05) is 0 Å². The van der Waals surface area contributed by atoms with E-state index in [9.17, 15) is 0 Å². The molecule has 0 aromatic heterocycles. The molecule has 0 atom stereocenters. The van der Waals surface area contributed by atoms with E-state index in [1.54, 1.807) is 0 Å². The molecule has 0 spiro atoms. The predicted octanol–water partition coefficient (Wildman–Crippen LogP) is 1.58. The largest absolute Gasteiger partial charge is 0.100 e. The first-order valence-corrected chi connectivity index (χ1v) is 0.750. The molecule has 0 bridgehead atoms. The van der Waals surface area contributed by atoms with E-state index in [2.05, 4.69) is 0 Å². The van der Waals surface area contributed by atoms with Crippen molar-refractivity contribution in [1.29, 1.82) is 0 Å². The highest BCUT2D eigenvalue weighted by Gasteiger charge is 1.51. The maximum atomic E-state index is 6.75. The minimum absolute atomic E-state index is 1.09. The Morgan fingerprint density at radius 1 is 2.25 bits per heavy atom. The van der Waals surface area contributed by atoms with E-state index < -0.39 is 25.8 Å². The SMILES string of the molecule is [2H]C([2H])=C(C([2H])([2H])[2H])C([2H])([2H])[2H]. The van der Waals surface area contributed by atoms with Crippen LogP contribution >= 0.6 is 0 Å². The minimum Gasteiger partial charge on any atom is -0.100 e. The van der Waals surface area contributed by atoms with Crippen molar-refractivity contribution in [2.75, 3.05) is 0 Å². The minimum atomic E-state index is -2.88. The Kier molecular flexibility index (Phi) is 0.0672. The zero-order valence-electron chi connectivity index (χ0n) is 10.0. The first-order chi connectivity index (χ1) is 5.07. The molecule has 0 nitrogen and oxygen atoms in total. The fraction of sp³-hybridized carbons (Fsp3) is 0.500. The van der Waals surface area contributed by atoms with Gasteiger partial charge in [0.15, 0.2) is 0 Å². The summed E-state index contributed by atoms with van der Waals surface area (Å²) in [6.07, 6.45) is 0. The van der Waals surface area contributed by atoms with Crippen LogP contribution in [0.1, 0.15) is 24.7 Å². The van der Waals surface area contributed by atoms with Gasteiger partial charge in [-0.2, -0.15) is 0 Å². The van der Waals surface area contributed by atoms with E-state index in [0.29, 0.717) is 0 Å². The molecule has 0 aromatic carbocycles. The summed E-state index contributed by atoms with van der Waals surface area (Å²) < 4.78 is 53.8. The van der Waals surface area contributed by atoms with Gasteiger partial charge in [0.05, 0.1) is 2.74 Å². The van der Waals surface area contributed by atoms with Crippen LogP contribution in [0.5, 0.6) is 0 Å². The first-order valence-electron chi connectivity index (χ1n) is 4.75. The van der Waals surface area contributed by atoms with Crippen molar-refractivity contribution in [1.82, 2.24) is 0 Å². The Morgan fingerprint density at radius 3 is 3.00 bits per heavy atom. The van der Waals surface area contributed by atoms with Gasteiger partial charge in [-0.25, -0.2) is 0 Å². The molecule has 4 heavy (non-hydrogen) atoms. The quantitative estimate of drug-likeness (QED) is 0.375. The van der Waals surface area contributed by atoms with Gasteiger partial charge in [0.1, 0.15) is 0 Å². The summed E-state index contributed by atoms with van der Waals surface area (Å²) in [6, 6.07) is 0. The normalized spacial score (nSPS) is 41.0. The van der Waals surface area contributed by atoms with Crippen molar-refractivity contribution in [3.8, 4) is 0 Å². The summed E-state index contributed by atoms with van der Waals surface area (Å²) in [6.45, 7) is -6.93. The molecule has 0 aromatic rings. The highest BCUT2D eigenvalue weighted by molar-refractivity contribution is 4.78. The van der Waals surface area contributed by atoms with Crippen LogP contribution in [0.2, 0.25) is 0 Å². The third kappa shape index (κ3) is 14.1. The summed E-state index contributed by atoms with van der Waals surface area (Å²) in [5, 5.41) is 0. The highest BCUT2D eigenvalue weighted by atomic mass is 13.6. The van der Waals surface area contributed by atoms with Crippen molar-refractivity contribution in [3.63, 3.8) is 0 Å². The number of rotatable bonds is 0. The second-order valence-corrected chi connectivity index (χ2v) is 0.375. The third-order valence-electron chi connectivity index (χ3n) is 0. The van der Waals surface area contributed by atoms with Gasteiger partial charge in [-0.3, -0.25) is 0 Å². The Morgan fingerprint density at radius 2 is 3.00 bits per heavy atom. The molecular weight excluding hydrogens is 48.0 g/mol. The third-order valence-corrected chi connectivity index (χ3v) is 0. The van der Waals surface area contributed by atoms with Crippen LogP contribution in [0.3, 0.4) is 0 Å². The number of hydrogen-bond donors (Lipinski definition) is 0. The monoisotopic (exact) mass is 64.1 g/mol. The number of allylic oxidation sites excluding steroid dienone is 1. The second-order valence-electron chi connectivity index (χ2n) is 0.375. The molecular formula is C4H8. The molecule has 24 valence electrons. The molecule has 0 aliphatic carbocycles. The van der Waals surface area contributed by atoms with Crippen LogP contribution in [-0.2, 0) is 0 Å². The molecule has 0 unspecified atom stereocenters. The second kappa shape index (κ2) is 1.10. The zero-order chi connectivity index (χ0) is 10.2. The summed E-state index contributed by atoms with van der Waals surface area (Å²) >= 11 is 0. The summed E-state index contributed by atoms with van der Waals surface area (Å²) in [5.74, 6) is 0. The van der Waals surface area contributed by atoms with E-state index in [-0.39, 0.29) is 0 Å². The lowest BCUT2D eigenvalue weighted by Gasteiger charge is -1.65. The lowest BCUT2D eigenvalue weighted by Crippen LogP contribution is -1.43. The van der Waals surface area contributed by atoms with Crippen molar-refractivity contribution in [2.45, 2.75) is 13.7 Å². The predicted molar refractivity (Wildman–Crippen MR) is 20.5 cm³/mol. The molecule has 0 saturated heterocycles. The van der Waals surface area contributed by atoms with Gasteiger partial charge in [-0.05, 0) is 13.7 Å². The van der Waals surface area contributed by atoms with Crippen LogP contribution in [0.25, 0.3) is 0 Å². The standard InChI is InChI=1S/C4H8/c1-4(2)3/h1H2,2-3H3/i1D2,2D3,3D3. The average molecular weight is 64.2 g/mol. The van der Waals surface area contributed by atoms with Crippen LogP contribution in [0.15, 0.2) is 12.1 Å². The molecule has 0 saturated carbocycles. The average Bonchev–Trinajstić information content (AvgIpc) is 1.49. The molecule has 0 aliphatic rings. The molecule has 0 heteroatoms. The Bertz CT molecular complexity index is 172. The van der Waals surface area contributed by atoms with Gasteiger partial charge in [-0.15, -0.1) is 6.53 Å². The van der Waals surface area contributed by atoms with Gasteiger partial charge in [0.25, 0.3) is 0 Å². The Labute approximate surface area is 38.4 Å². The molecule has 0 fully saturated rings. The molecule has 0 rings (SSSR count). The molecule has 0 aliphatic heterocycles. The van der Waals surface area contributed by atoms with Gasteiger partial charge < -0.3 is 0 Å². The van der Waals surface area contributed by atoms with Gasteiger partial charge in [0.2, 0.25) is 0 Å². The maximum absolute atomic E-state index is 6.75. The van der Waals surface area contributed by atoms with Gasteiger partial charge in [-0.1, -0.05) is 5.57 Å². The summed E-state index contributed by atoms with van der Waals surface area (Å²) in [7, 11) is 0. The van der Waals surface area contributed by atoms with E-state index in [1.165, 1.54) is 0 Å². The molecule has 0 radical (unpaired) electrons. The molecule has 0 heterocycles. The van der Waals surface area contributed by atoms with E-state index in [4.69, 9.17) is 11.0 Å². The first kappa shape index (κ1) is 0.243. The van der Waals surface area contributed by atoms with Crippen LogP contribution in [0, 0.1) is 0 Å². The van der Waals surface area contributed by atoms with E-state index in [0.717, 1.165) is 0 Å². The van der Waals surface area contributed by atoms with Crippen molar-refractivity contribution < 1.29 is 11.0 Å². The topological polar surface area (TPSA) is 0 Å². The fourth-order valence-corrected chi connectivity index (χ4v) is 0. The highest BCUT2D eigenvalue weighted by Crippen LogP contribution is 1.73. The van der Waals surface area contributed by atoms with Crippen LogP contribution < -0.4 is 0 Å². The molecule has 0 amide bonds. The smallest absolute Gasteiger partial charge is 0.0537 e. The summed E-state index contributed by atoms with van der Waals surface area (Å²) in [4.78, 5) is 0. The van der Waals surface area contributed by atoms with Crippen molar-refractivity contribution in [2.24, 2.45) is 0 Å². The molecule has 0 N–H and O–H groups in total. The fourth-order valence-electron chi connectivity index (χ4n) is 0. The van der Waals surface area contributed by atoms with Gasteiger partial charge in [0, 0.05) is 8.22 Å². The van der Waals surface area contributed by atoms with Gasteiger partial charge >= 0.3 is 0 Å². The van der Waals surface area contributed by atoms with Crippen LogP contribution in [-0.4, -0.2) is 0 Å². The van der Waals surface area contributed by atoms with Crippen LogP contribution in [0.4, 0.5) is 0 Å².